The molecule has 0 heterocycles. The van der Waals surface area contributed by atoms with Crippen LogP contribution in [-0.2, 0) is 0 Å². The topological polar surface area (TPSA) is 0 Å². The highest BCUT2D eigenvalue weighted by molar-refractivity contribution is 8.15. The summed E-state index contributed by atoms with van der Waals surface area (Å²) >= 11 is 0. The molecule has 2 aromatic carbocycles. The summed E-state index contributed by atoms with van der Waals surface area (Å²) in [4.78, 5) is 1.51. The van der Waals surface area contributed by atoms with Crippen molar-refractivity contribution in [2.75, 3.05) is 12.5 Å². The maximum Gasteiger partial charge on any atom is -0.00944 e. The van der Waals surface area contributed by atoms with Crippen molar-refractivity contribution in [1.82, 2.24) is 0 Å². The molecule has 0 atom stereocenters. The lowest BCUT2D eigenvalue weighted by Gasteiger charge is -2.15. The van der Waals surface area contributed by atoms with Gasteiger partial charge in [-0.05, 0) is 47.1 Å². The van der Waals surface area contributed by atoms with Crippen LogP contribution in [0.4, 0.5) is 0 Å². The summed E-state index contributed by atoms with van der Waals surface area (Å²) in [7, 11) is -0.0230. The number of thiol groups is 1. The maximum atomic E-state index is 2.34. The van der Waals surface area contributed by atoms with Crippen LogP contribution in [0.15, 0.2) is 53.4 Å². The van der Waals surface area contributed by atoms with E-state index in [-0.39, 0.29) is 10.9 Å². The van der Waals surface area contributed by atoms with Crippen molar-refractivity contribution >= 4 is 10.9 Å². The maximum absolute atomic E-state index is 2.34. The van der Waals surface area contributed by atoms with E-state index in [0.29, 0.717) is 0 Å². The number of hydrogen-bond donors (Lipinski definition) is 1. The van der Waals surface area contributed by atoms with E-state index >= 15 is 0 Å². The molecule has 0 bridgehead atoms. The molecule has 0 aromatic heterocycles. The molecule has 2 aromatic rings. The molecule has 0 radical (unpaired) electrons. The molecule has 0 amide bonds. The molecule has 0 aliphatic carbocycles. The van der Waals surface area contributed by atoms with E-state index in [1.165, 1.54) is 21.6 Å². The van der Waals surface area contributed by atoms with Crippen LogP contribution in [0, 0.1) is 6.92 Å². The van der Waals surface area contributed by atoms with Gasteiger partial charge in [0.05, 0.1) is 0 Å². The van der Waals surface area contributed by atoms with Gasteiger partial charge < -0.3 is 0 Å². The zero-order chi connectivity index (χ0) is 11.5. The Balaban J connectivity index is 2.48. The highest BCUT2D eigenvalue weighted by Gasteiger charge is 2.03. The van der Waals surface area contributed by atoms with Crippen LogP contribution in [0.2, 0.25) is 0 Å². The summed E-state index contributed by atoms with van der Waals surface area (Å²) in [6, 6.07) is 17.4. The fourth-order valence-corrected chi connectivity index (χ4v) is 3.08. The third-order valence-corrected chi connectivity index (χ3v) is 4.24. The van der Waals surface area contributed by atoms with Crippen LogP contribution in [-0.4, -0.2) is 12.5 Å². The minimum atomic E-state index is -0.0230. The fraction of sp³-hybridized carbons (Fsp3) is 0.200. The molecule has 0 aliphatic heterocycles. The van der Waals surface area contributed by atoms with E-state index in [0.717, 1.165) is 0 Å². The van der Waals surface area contributed by atoms with E-state index in [1.807, 2.05) is 0 Å². The van der Waals surface area contributed by atoms with Gasteiger partial charge in [0.25, 0.3) is 0 Å². The molecule has 0 spiro atoms. The summed E-state index contributed by atoms with van der Waals surface area (Å²) in [5.74, 6) is 0. The molecule has 0 saturated carbocycles. The molecule has 1 heteroatoms. The number of aryl methyl sites for hydroxylation is 1. The van der Waals surface area contributed by atoms with Crippen molar-refractivity contribution in [3.8, 4) is 11.1 Å². The third-order valence-electron chi connectivity index (χ3n) is 2.80. The highest BCUT2D eigenvalue weighted by atomic mass is 32.2. The Hall–Kier alpha value is -1.21. The second kappa shape index (κ2) is 4.75. The first kappa shape index (κ1) is 11.3. The summed E-state index contributed by atoms with van der Waals surface area (Å²) < 4.78 is 0. The van der Waals surface area contributed by atoms with Crippen molar-refractivity contribution in [1.29, 1.82) is 0 Å². The zero-order valence-corrected chi connectivity index (χ0v) is 11.0. The van der Waals surface area contributed by atoms with Crippen LogP contribution in [0.1, 0.15) is 5.56 Å². The quantitative estimate of drug-likeness (QED) is 0.731. The van der Waals surface area contributed by atoms with Crippen molar-refractivity contribution in [2.24, 2.45) is 0 Å². The van der Waals surface area contributed by atoms with Crippen molar-refractivity contribution < 1.29 is 0 Å². The fourth-order valence-electron chi connectivity index (χ4n) is 1.90. The summed E-state index contributed by atoms with van der Waals surface area (Å²) in [5.41, 5.74) is 4.05. The minimum Gasteiger partial charge on any atom is -0.232 e. The Morgan fingerprint density at radius 2 is 1.50 bits per heavy atom. The largest absolute Gasteiger partial charge is 0.232 e. The second-order valence-electron chi connectivity index (χ2n) is 4.26. The lowest BCUT2D eigenvalue weighted by Crippen LogP contribution is -1.86. The smallest absolute Gasteiger partial charge is 0.00944 e. The van der Waals surface area contributed by atoms with Crippen LogP contribution in [0.5, 0.6) is 0 Å². The van der Waals surface area contributed by atoms with Crippen LogP contribution < -0.4 is 0 Å². The van der Waals surface area contributed by atoms with E-state index in [9.17, 15) is 0 Å². The molecule has 0 N–H and O–H groups in total. The lowest BCUT2D eigenvalue weighted by molar-refractivity contribution is 1.30. The predicted molar refractivity (Wildman–Crippen MR) is 75.7 cm³/mol. The Bertz CT molecular complexity index is 472. The van der Waals surface area contributed by atoms with Crippen LogP contribution >= 0.6 is 10.9 Å². The van der Waals surface area contributed by atoms with Gasteiger partial charge in [-0.25, -0.2) is 10.9 Å². The van der Waals surface area contributed by atoms with Gasteiger partial charge in [0.15, 0.2) is 0 Å². The molecule has 84 valence electrons. The van der Waals surface area contributed by atoms with Crippen molar-refractivity contribution in [3.05, 3.63) is 54.1 Å². The first-order chi connectivity index (χ1) is 7.68. The molecule has 0 saturated heterocycles. The number of rotatable bonds is 2. The molecule has 0 fully saturated rings. The molecular weight excluding hydrogens is 212 g/mol. The van der Waals surface area contributed by atoms with Gasteiger partial charge in [0.2, 0.25) is 0 Å². The van der Waals surface area contributed by atoms with E-state index < -0.39 is 0 Å². The van der Waals surface area contributed by atoms with Crippen LogP contribution in [0.25, 0.3) is 11.1 Å². The Kier molecular flexibility index (Phi) is 3.35. The van der Waals surface area contributed by atoms with Crippen LogP contribution in [0.3, 0.4) is 0 Å². The Morgan fingerprint density at radius 1 is 0.812 bits per heavy atom. The average molecular weight is 230 g/mol. The number of hydrogen-bond acceptors (Lipinski definition) is 0. The summed E-state index contributed by atoms with van der Waals surface area (Å²) in [5, 5.41) is 0. The normalized spacial score (nSPS) is 11.3. The average Bonchev–Trinajstić information content (AvgIpc) is 2.30. The standard InChI is InChI=1S/C15H18S/c1-12-9-10-14(11-15(12)16(2)3)13-7-5-4-6-8-13/h4-11,16H,1-3H3. The van der Waals surface area contributed by atoms with E-state index in [1.54, 1.807) is 0 Å². The summed E-state index contributed by atoms with van der Waals surface area (Å²) in [6.45, 7) is 2.20. The van der Waals surface area contributed by atoms with E-state index in [2.05, 4.69) is 68.0 Å². The molecule has 16 heavy (non-hydrogen) atoms. The highest BCUT2D eigenvalue weighted by Crippen LogP contribution is 2.34. The van der Waals surface area contributed by atoms with Crippen molar-refractivity contribution in [3.63, 3.8) is 0 Å². The minimum absolute atomic E-state index is 0.0230. The zero-order valence-electron chi connectivity index (χ0n) is 10.1. The van der Waals surface area contributed by atoms with E-state index in [4.69, 9.17) is 0 Å². The third kappa shape index (κ3) is 2.30. The van der Waals surface area contributed by atoms with Crippen molar-refractivity contribution in [2.45, 2.75) is 11.8 Å². The van der Waals surface area contributed by atoms with Gasteiger partial charge in [-0.1, -0.05) is 42.5 Å². The Morgan fingerprint density at radius 3 is 2.12 bits per heavy atom. The summed E-state index contributed by atoms with van der Waals surface area (Å²) in [6.07, 6.45) is 4.62. The van der Waals surface area contributed by atoms with Gasteiger partial charge in [-0.15, -0.1) is 0 Å². The molecule has 0 nitrogen and oxygen atoms in total. The van der Waals surface area contributed by atoms with Gasteiger partial charge >= 0.3 is 0 Å². The first-order valence-corrected chi connectivity index (χ1v) is 7.75. The molecule has 0 aliphatic rings. The van der Waals surface area contributed by atoms with Gasteiger partial charge in [0, 0.05) is 0 Å². The predicted octanol–water partition coefficient (Wildman–Crippen LogP) is 4.28. The second-order valence-corrected chi connectivity index (χ2v) is 6.53. The van der Waals surface area contributed by atoms with Gasteiger partial charge in [-0.2, -0.15) is 0 Å². The number of benzene rings is 2. The van der Waals surface area contributed by atoms with Gasteiger partial charge in [-0.3, -0.25) is 0 Å². The van der Waals surface area contributed by atoms with Gasteiger partial charge in [0.1, 0.15) is 0 Å². The molecule has 0 unspecified atom stereocenters. The SMILES string of the molecule is Cc1ccc(-c2ccccc2)cc1[SH](C)C. The molecular formula is C15H18S. The lowest BCUT2D eigenvalue weighted by atomic mass is 10.0. The first-order valence-electron chi connectivity index (χ1n) is 5.52. The molecule has 2 rings (SSSR count). The Labute approximate surface area is 101 Å². The monoisotopic (exact) mass is 230 g/mol.